The van der Waals surface area contributed by atoms with E-state index in [0.717, 1.165) is 0 Å². The predicted molar refractivity (Wildman–Crippen MR) is 49.6 cm³/mol. The Morgan fingerprint density at radius 1 is 1.17 bits per heavy atom. The molecule has 0 fully saturated rings. The number of esters is 1. The molecular weight excluding hydrogens is 270 g/mol. The van der Waals surface area contributed by atoms with Gasteiger partial charge in [-0.2, -0.15) is 26.3 Å². The Labute approximate surface area is 99.0 Å². The second-order valence-corrected chi connectivity index (χ2v) is 3.28. The first-order chi connectivity index (χ1) is 7.68. The zero-order valence-electron chi connectivity index (χ0n) is 9.74. The number of halogens is 6. The molecule has 0 bridgehead atoms. The summed E-state index contributed by atoms with van der Waals surface area (Å²) >= 11 is 0. The summed E-state index contributed by atoms with van der Waals surface area (Å²) in [6.45, 7) is 4.55. The summed E-state index contributed by atoms with van der Waals surface area (Å²) in [5.41, 5.74) is 0.433. The molecule has 0 aliphatic heterocycles. The van der Waals surface area contributed by atoms with Crippen molar-refractivity contribution in [2.24, 2.45) is 0 Å². The van der Waals surface area contributed by atoms with E-state index in [2.05, 4.69) is 11.3 Å². The molecule has 0 saturated carbocycles. The molecule has 0 amide bonds. The molecule has 9 heteroatoms. The number of rotatable bonds is 3. The molecule has 0 saturated heterocycles. The molecule has 0 rings (SSSR count). The van der Waals surface area contributed by atoms with Crippen molar-refractivity contribution in [2.75, 3.05) is 7.11 Å². The topological polar surface area (TPSA) is 46.5 Å². The SMILES string of the molecule is C=C(C)C(=O)OC.CC(F)(F)C(F)(F)C(O)(F)F. The quantitative estimate of drug-likeness (QED) is 0.491. The fraction of sp³-hybridized carbons (Fsp3) is 0.667. The first-order valence-electron chi connectivity index (χ1n) is 4.28. The van der Waals surface area contributed by atoms with Crippen LogP contribution in [0.2, 0.25) is 0 Å². The summed E-state index contributed by atoms with van der Waals surface area (Å²) in [6, 6.07) is 0. The summed E-state index contributed by atoms with van der Waals surface area (Å²) in [4.78, 5) is 10.2. The molecule has 0 aromatic heterocycles. The Hall–Kier alpha value is -1.25. The summed E-state index contributed by atoms with van der Waals surface area (Å²) in [5, 5.41) is 7.32. The van der Waals surface area contributed by atoms with Crippen LogP contribution in [-0.2, 0) is 9.53 Å². The molecule has 0 spiro atoms. The van der Waals surface area contributed by atoms with Crippen LogP contribution in [0.4, 0.5) is 26.3 Å². The smallest absolute Gasteiger partial charge is 0.423 e. The molecule has 0 atom stereocenters. The van der Waals surface area contributed by atoms with Crippen molar-refractivity contribution in [1.82, 2.24) is 0 Å². The minimum Gasteiger partial charge on any atom is -0.466 e. The lowest BCUT2D eigenvalue weighted by Crippen LogP contribution is -2.52. The van der Waals surface area contributed by atoms with Crippen LogP contribution in [0.15, 0.2) is 12.2 Å². The maximum Gasteiger partial charge on any atom is 0.423 e. The van der Waals surface area contributed by atoms with Crippen molar-refractivity contribution in [3.63, 3.8) is 0 Å². The van der Waals surface area contributed by atoms with Gasteiger partial charge in [0.05, 0.1) is 7.11 Å². The molecule has 0 radical (unpaired) electrons. The normalized spacial score (nSPS) is 12.3. The molecule has 18 heavy (non-hydrogen) atoms. The van der Waals surface area contributed by atoms with Crippen LogP contribution in [0.25, 0.3) is 0 Å². The zero-order chi connectivity index (χ0) is 15.4. The van der Waals surface area contributed by atoms with Gasteiger partial charge in [-0.3, -0.25) is 0 Å². The van der Waals surface area contributed by atoms with Gasteiger partial charge in [0, 0.05) is 12.5 Å². The molecule has 0 aromatic rings. The van der Waals surface area contributed by atoms with Crippen molar-refractivity contribution in [2.45, 2.75) is 31.8 Å². The van der Waals surface area contributed by atoms with Gasteiger partial charge in [-0.25, -0.2) is 4.79 Å². The maximum absolute atomic E-state index is 11.7. The molecule has 0 aromatic carbocycles. The van der Waals surface area contributed by atoms with Gasteiger partial charge in [0.25, 0.3) is 0 Å². The average Bonchev–Trinajstić information content (AvgIpc) is 2.13. The molecule has 0 heterocycles. The van der Waals surface area contributed by atoms with E-state index in [4.69, 9.17) is 5.11 Å². The standard InChI is InChI=1S/C5H8O2.C4H4F6O/c1-4(2)5(6)7-3;1-2(5,6)3(7,8)4(9,10)11/h1H2,2-3H3;11H,1H3. The van der Waals surface area contributed by atoms with E-state index in [-0.39, 0.29) is 5.97 Å². The van der Waals surface area contributed by atoms with E-state index in [1.165, 1.54) is 7.11 Å². The van der Waals surface area contributed by atoms with Gasteiger partial charge in [-0.15, -0.1) is 0 Å². The molecule has 0 aliphatic rings. The van der Waals surface area contributed by atoms with Gasteiger partial charge < -0.3 is 9.84 Å². The van der Waals surface area contributed by atoms with Crippen LogP contribution < -0.4 is 0 Å². The summed E-state index contributed by atoms with van der Waals surface area (Å²) in [7, 11) is 1.33. The van der Waals surface area contributed by atoms with Gasteiger partial charge >= 0.3 is 23.9 Å². The number of carbonyl (C=O) groups is 1. The first-order valence-corrected chi connectivity index (χ1v) is 4.28. The molecule has 3 nitrogen and oxygen atoms in total. The van der Waals surface area contributed by atoms with Gasteiger partial charge in [-0.05, 0) is 6.92 Å². The van der Waals surface area contributed by atoms with Crippen molar-refractivity contribution >= 4 is 5.97 Å². The van der Waals surface area contributed by atoms with Crippen molar-refractivity contribution in [1.29, 1.82) is 0 Å². The fourth-order valence-corrected chi connectivity index (χ4v) is 0.438. The zero-order valence-corrected chi connectivity index (χ0v) is 9.74. The predicted octanol–water partition coefficient (Wildman–Crippen LogP) is 2.60. The minimum atomic E-state index is -5.74. The van der Waals surface area contributed by atoms with Crippen LogP contribution in [0, 0.1) is 0 Å². The number of carbonyl (C=O) groups excluding carboxylic acids is 1. The fourth-order valence-electron chi connectivity index (χ4n) is 0.438. The number of alkyl halides is 6. The Bertz CT molecular complexity index is 286. The minimum absolute atomic E-state index is 0.347. The van der Waals surface area contributed by atoms with Crippen molar-refractivity contribution < 1.29 is 41.0 Å². The molecule has 108 valence electrons. The summed E-state index contributed by atoms with van der Waals surface area (Å²) in [6.07, 6.45) is -5.70. The lowest BCUT2D eigenvalue weighted by Gasteiger charge is -2.26. The van der Waals surface area contributed by atoms with Gasteiger partial charge in [0.1, 0.15) is 0 Å². The highest BCUT2D eigenvalue weighted by Gasteiger charge is 2.69. The Morgan fingerprint density at radius 3 is 1.50 bits per heavy atom. The second kappa shape index (κ2) is 6.07. The average molecular weight is 282 g/mol. The number of ether oxygens (including phenoxy) is 1. The van der Waals surface area contributed by atoms with Crippen LogP contribution in [0.1, 0.15) is 13.8 Å². The first kappa shape index (κ1) is 19.1. The van der Waals surface area contributed by atoms with Crippen molar-refractivity contribution in [3.05, 3.63) is 12.2 Å². The molecule has 0 aliphatic carbocycles. The van der Waals surface area contributed by atoms with Crippen molar-refractivity contribution in [3.8, 4) is 0 Å². The highest BCUT2D eigenvalue weighted by molar-refractivity contribution is 5.86. The van der Waals surface area contributed by atoms with Crippen LogP contribution in [0.5, 0.6) is 0 Å². The Morgan fingerprint density at radius 2 is 1.50 bits per heavy atom. The van der Waals surface area contributed by atoms with E-state index in [0.29, 0.717) is 5.57 Å². The third-order valence-corrected chi connectivity index (χ3v) is 1.46. The number of aliphatic hydroxyl groups is 1. The number of hydrogen-bond acceptors (Lipinski definition) is 3. The van der Waals surface area contributed by atoms with E-state index in [1.807, 2.05) is 0 Å². The summed E-state index contributed by atoms with van der Waals surface area (Å²) < 4.78 is 73.5. The highest BCUT2D eigenvalue weighted by atomic mass is 19.3. The van der Waals surface area contributed by atoms with E-state index in [9.17, 15) is 31.1 Å². The van der Waals surface area contributed by atoms with E-state index < -0.39 is 24.9 Å². The van der Waals surface area contributed by atoms with Crippen LogP contribution >= 0.6 is 0 Å². The third kappa shape index (κ3) is 5.39. The van der Waals surface area contributed by atoms with Gasteiger partial charge in [-0.1, -0.05) is 6.58 Å². The molecule has 0 unspecified atom stereocenters. The summed E-state index contributed by atoms with van der Waals surface area (Å²) in [5.74, 6) is -11.0. The Balaban J connectivity index is 0. The highest BCUT2D eigenvalue weighted by Crippen LogP contribution is 2.43. The lowest BCUT2D eigenvalue weighted by atomic mass is 10.2. The molecular formula is C9H12F6O3. The third-order valence-electron chi connectivity index (χ3n) is 1.46. The van der Waals surface area contributed by atoms with Gasteiger partial charge in [0.15, 0.2) is 0 Å². The van der Waals surface area contributed by atoms with Crippen LogP contribution in [-0.4, -0.2) is 36.1 Å². The van der Waals surface area contributed by atoms with Crippen LogP contribution in [0.3, 0.4) is 0 Å². The Kier molecular flexibility index (Phi) is 6.45. The maximum atomic E-state index is 11.7. The molecule has 1 N–H and O–H groups in total. The number of methoxy groups -OCH3 is 1. The van der Waals surface area contributed by atoms with E-state index >= 15 is 0 Å². The van der Waals surface area contributed by atoms with Gasteiger partial charge in [0.2, 0.25) is 0 Å². The van der Waals surface area contributed by atoms with E-state index in [1.54, 1.807) is 6.92 Å². The number of hydrogen-bond donors (Lipinski definition) is 1. The monoisotopic (exact) mass is 282 g/mol. The second-order valence-electron chi connectivity index (χ2n) is 3.28. The lowest BCUT2D eigenvalue weighted by molar-refractivity contribution is -0.379. The largest absolute Gasteiger partial charge is 0.466 e.